The molecule has 0 radical (unpaired) electrons. The van der Waals surface area contributed by atoms with Gasteiger partial charge in [0.05, 0.1) is 28.1 Å². The Balaban J connectivity index is 1.31. The van der Waals surface area contributed by atoms with Crippen molar-refractivity contribution >= 4 is 44.2 Å². The molecule has 2 aromatic heterocycles. The molecule has 0 saturated carbocycles. The molecule has 4 aromatic rings. The fraction of sp³-hybridized carbons (Fsp3) is 0.250. The lowest BCUT2D eigenvalue weighted by molar-refractivity contribution is -0.384. The fourth-order valence-electron chi connectivity index (χ4n) is 4.73. The lowest BCUT2D eigenvalue weighted by atomic mass is 10.2. The van der Waals surface area contributed by atoms with E-state index in [0.717, 1.165) is 11.5 Å². The van der Waals surface area contributed by atoms with Crippen LogP contribution in [0, 0.1) is 10.1 Å². The van der Waals surface area contributed by atoms with Crippen LogP contribution < -0.4 is 14.8 Å². The van der Waals surface area contributed by atoms with Crippen LogP contribution in [0.5, 0.6) is 11.5 Å². The van der Waals surface area contributed by atoms with E-state index in [1.807, 2.05) is 4.72 Å². The number of pyridine rings is 1. The highest BCUT2D eigenvalue weighted by molar-refractivity contribution is 7.90. The molecule has 43 heavy (non-hydrogen) atoms. The monoisotopic (exact) mass is 607 g/mol. The summed E-state index contributed by atoms with van der Waals surface area (Å²) in [5, 5.41) is 15.7. The highest BCUT2D eigenvalue weighted by atomic mass is 32.2. The summed E-state index contributed by atoms with van der Waals surface area (Å²) in [5.41, 5.74) is 0.210. The average Bonchev–Trinajstić information content (AvgIpc) is 3.62. The Morgan fingerprint density at radius 2 is 1.98 bits per heavy atom. The molecule has 3 N–H and O–H groups in total. The lowest BCUT2D eigenvalue weighted by Crippen LogP contribution is -2.37. The zero-order chi connectivity index (χ0) is 30.7. The van der Waals surface area contributed by atoms with Gasteiger partial charge >= 0.3 is 0 Å². The number of H-pyrrole nitrogens is 1. The predicted molar refractivity (Wildman–Crippen MR) is 158 cm³/mol. The number of hydrogen-bond acceptors (Lipinski definition) is 10. The number of nitrogens with zero attached hydrogens (tertiary/aromatic N) is 4. The Morgan fingerprint density at radius 1 is 1.19 bits per heavy atom. The number of nitro groups is 1. The zero-order valence-corrected chi connectivity index (χ0v) is 24.1. The molecule has 15 heteroatoms. The quantitative estimate of drug-likeness (QED) is 0.179. The second-order valence-electron chi connectivity index (χ2n) is 10.3. The summed E-state index contributed by atoms with van der Waals surface area (Å²) in [7, 11) is -0.927. The zero-order valence-electron chi connectivity index (χ0n) is 23.3. The largest absolute Gasteiger partial charge is 0.455 e. The van der Waals surface area contributed by atoms with E-state index in [9.17, 15) is 28.1 Å². The molecule has 0 bridgehead atoms. The van der Waals surface area contributed by atoms with Crippen molar-refractivity contribution in [2.24, 2.45) is 0 Å². The van der Waals surface area contributed by atoms with E-state index in [0.29, 0.717) is 30.9 Å². The van der Waals surface area contributed by atoms with Gasteiger partial charge in [-0.05, 0) is 56.9 Å². The number of likely N-dealkylation sites (N-methyl/N-ethyl adjacent to an activating group) is 1. The van der Waals surface area contributed by atoms with Gasteiger partial charge in [0.2, 0.25) is 5.91 Å². The van der Waals surface area contributed by atoms with Gasteiger partial charge in [0, 0.05) is 36.8 Å². The van der Waals surface area contributed by atoms with Crippen LogP contribution in [0.25, 0.3) is 11.0 Å². The molecule has 0 aliphatic carbocycles. The highest BCUT2D eigenvalue weighted by Crippen LogP contribution is 2.31. The first kappa shape index (κ1) is 29.5. The first-order valence-corrected chi connectivity index (χ1v) is 14.7. The van der Waals surface area contributed by atoms with Gasteiger partial charge in [0.25, 0.3) is 21.6 Å². The van der Waals surface area contributed by atoms with Crippen LogP contribution in [-0.4, -0.2) is 84.7 Å². The molecule has 1 saturated heterocycles. The minimum Gasteiger partial charge on any atom is -0.455 e. The molecule has 3 heterocycles. The Hall–Kier alpha value is -5.02. The Morgan fingerprint density at radius 3 is 2.74 bits per heavy atom. The molecule has 0 spiro atoms. The fourth-order valence-corrected chi connectivity index (χ4v) is 5.71. The minimum absolute atomic E-state index is 0.0497. The van der Waals surface area contributed by atoms with E-state index >= 15 is 0 Å². The van der Waals surface area contributed by atoms with Crippen LogP contribution in [0.1, 0.15) is 16.8 Å². The van der Waals surface area contributed by atoms with Crippen molar-refractivity contribution in [3.63, 3.8) is 0 Å². The molecule has 1 fully saturated rings. The summed E-state index contributed by atoms with van der Waals surface area (Å²) in [6.07, 6.45) is 3.76. The van der Waals surface area contributed by atoms with Gasteiger partial charge in [0.15, 0.2) is 0 Å². The SMILES string of the molecule is CN(C)CC(=O)N1CC[C@@H](Nc2ccc(S(=O)(=O)NC(=O)c3ccccc3Oc3cnc4[nH]ccc4c3)cc2[N+](=O)[O-])C1. The number of anilines is 1. The Bertz CT molecular complexity index is 1810. The smallest absolute Gasteiger partial charge is 0.293 e. The number of carbonyl (C=O) groups excluding carboxylic acids is 2. The number of ether oxygens (including phenoxy) is 1. The number of amides is 2. The number of fused-ring (bicyclic) bond motifs is 1. The number of nitrogens with one attached hydrogen (secondary N) is 3. The minimum atomic E-state index is -4.51. The molecular formula is C28H29N7O7S. The third-order valence-electron chi connectivity index (χ3n) is 6.79. The van der Waals surface area contributed by atoms with Crippen molar-refractivity contribution in [3.8, 4) is 11.5 Å². The van der Waals surface area contributed by atoms with Crippen molar-refractivity contribution in [1.82, 2.24) is 24.5 Å². The maximum Gasteiger partial charge on any atom is 0.293 e. The number of aromatic nitrogens is 2. The van der Waals surface area contributed by atoms with Gasteiger partial charge in [-0.2, -0.15) is 0 Å². The molecule has 1 aliphatic heterocycles. The van der Waals surface area contributed by atoms with E-state index in [1.165, 1.54) is 30.5 Å². The second-order valence-corrected chi connectivity index (χ2v) is 11.9. The van der Waals surface area contributed by atoms with Gasteiger partial charge in [-0.15, -0.1) is 0 Å². The number of benzene rings is 2. The van der Waals surface area contributed by atoms with E-state index in [-0.39, 0.29) is 35.5 Å². The number of aromatic amines is 1. The van der Waals surface area contributed by atoms with Crippen LogP contribution in [0.15, 0.2) is 71.9 Å². The summed E-state index contributed by atoms with van der Waals surface area (Å²) in [5.74, 6) is -0.607. The maximum atomic E-state index is 13.2. The summed E-state index contributed by atoms with van der Waals surface area (Å²) < 4.78 is 34.1. The van der Waals surface area contributed by atoms with Crippen molar-refractivity contribution in [3.05, 3.63) is 82.7 Å². The topological polar surface area (TPSA) is 180 Å². The number of rotatable bonds is 10. The van der Waals surface area contributed by atoms with Crippen molar-refractivity contribution in [2.45, 2.75) is 17.4 Å². The van der Waals surface area contributed by atoms with E-state index in [4.69, 9.17) is 4.74 Å². The van der Waals surface area contributed by atoms with Gasteiger partial charge < -0.3 is 24.8 Å². The number of likely N-dealkylation sites (tertiary alicyclic amines) is 1. The standard InChI is InChI=1S/C28H29N7O7S/c1-33(2)17-26(36)34-12-10-19(16-34)31-23-8-7-21(14-24(23)35(38)39)43(40,41)32-28(37)22-5-3-4-6-25(22)42-20-13-18-9-11-29-27(18)30-15-20/h3-9,11,13-15,19,31H,10,12,16-17H2,1-2H3,(H,29,30)(H,32,37)/t19-/m1/s1. The number of hydrogen-bond donors (Lipinski definition) is 3. The van der Waals surface area contributed by atoms with E-state index in [2.05, 4.69) is 15.3 Å². The first-order chi connectivity index (χ1) is 20.5. The molecule has 2 amide bonds. The number of sulfonamides is 1. The molecular weight excluding hydrogens is 578 g/mol. The molecule has 224 valence electrons. The van der Waals surface area contributed by atoms with Crippen molar-refractivity contribution < 1.29 is 27.7 Å². The Labute approximate surface area is 246 Å². The summed E-state index contributed by atoms with van der Waals surface area (Å²) in [4.78, 5) is 46.8. The van der Waals surface area contributed by atoms with Crippen LogP contribution in [-0.2, 0) is 14.8 Å². The van der Waals surface area contributed by atoms with Gasteiger partial charge in [-0.3, -0.25) is 19.7 Å². The number of para-hydroxylation sites is 1. The van der Waals surface area contributed by atoms with E-state index in [1.54, 1.807) is 54.4 Å². The van der Waals surface area contributed by atoms with Gasteiger partial charge in [-0.25, -0.2) is 18.1 Å². The second kappa shape index (κ2) is 12.1. The highest BCUT2D eigenvalue weighted by Gasteiger charge is 2.29. The molecule has 5 rings (SSSR count). The third-order valence-corrected chi connectivity index (χ3v) is 8.12. The van der Waals surface area contributed by atoms with Crippen molar-refractivity contribution in [1.29, 1.82) is 0 Å². The average molecular weight is 608 g/mol. The third kappa shape index (κ3) is 6.73. The molecule has 1 aliphatic rings. The van der Waals surface area contributed by atoms with Crippen LogP contribution in [0.2, 0.25) is 0 Å². The summed E-state index contributed by atoms with van der Waals surface area (Å²) in [6.45, 7) is 1.11. The van der Waals surface area contributed by atoms with Crippen molar-refractivity contribution in [2.75, 3.05) is 39.0 Å². The molecule has 0 unspecified atom stereocenters. The lowest BCUT2D eigenvalue weighted by Gasteiger charge is -2.19. The number of carbonyl (C=O) groups is 2. The van der Waals surface area contributed by atoms with Crippen LogP contribution in [0.4, 0.5) is 11.4 Å². The van der Waals surface area contributed by atoms with Crippen LogP contribution in [0.3, 0.4) is 0 Å². The molecule has 14 nitrogen and oxygen atoms in total. The normalized spacial score (nSPS) is 15.0. The van der Waals surface area contributed by atoms with Gasteiger partial charge in [0.1, 0.15) is 22.8 Å². The maximum absolute atomic E-state index is 13.2. The van der Waals surface area contributed by atoms with E-state index < -0.39 is 31.4 Å². The Kier molecular flexibility index (Phi) is 8.27. The summed E-state index contributed by atoms with van der Waals surface area (Å²) in [6, 6.07) is 12.7. The molecule has 2 aromatic carbocycles. The predicted octanol–water partition coefficient (Wildman–Crippen LogP) is 2.96. The molecule has 1 atom stereocenters. The number of nitro benzene ring substituents is 1. The van der Waals surface area contributed by atoms with Gasteiger partial charge in [-0.1, -0.05) is 12.1 Å². The van der Waals surface area contributed by atoms with Crippen LogP contribution >= 0.6 is 0 Å². The summed E-state index contributed by atoms with van der Waals surface area (Å²) >= 11 is 0. The first-order valence-electron chi connectivity index (χ1n) is 13.2.